The first kappa shape index (κ1) is 15.2. The van der Waals surface area contributed by atoms with Crippen molar-refractivity contribution < 1.29 is 9.53 Å². The smallest absolute Gasteiger partial charge is 0.260 e. The van der Waals surface area contributed by atoms with Gasteiger partial charge >= 0.3 is 0 Å². The van der Waals surface area contributed by atoms with Crippen LogP contribution in [0.15, 0.2) is 73.1 Å². The van der Waals surface area contributed by atoms with Gasteiger partial charge in [-0.3, -0.25) is 14.7 Å². The van der Waals surface area contributed by atoms with Crippen LogP contribution in [0.25, 0.3) is 0 Å². The molecule has 2 heterocycles. The summed E-state index contributed by atoms with van der Waals surface area (Å²) in [5.74, 6) is 0.757. The molecule has 0 bridgehead atoms. The lowest BCUT2D eigenvalue weighted by Crippen LogP contribution is -2.32. The van der Waals surface area contributed by atoms with Gasteiger partial charge in [-0.1, -0.05) is 18.2 Å². The summed E-state index contributed by atoms with van der Waals surface area (Å²) in [5, 5.41) is 3.45. The van der Waals surface area contributed by atoms with E-state index in [1.54, 1.807) is 24.4 Å². The molecule has 25 heavy (non-hydrogen) atoms. The zero-order valence-electron chi connectivity index (χ0n) is 13.7. The molecule has 0 radical (unpaired) electrons. The van der Waals surface area contributed by atoms with Crippen molar-refractivity contribution in [3.05, 3.63) is 84.2 Å². The third-order valence-electron chi connectivity index (χ3n) is 4.28. The normalized spacial score (nSPS) is 15.8. The highest BCUT2D eigenvalue weighted by Crippen LogP contribution is 2.37. The number of rotatable bonds is 4. The fourth-order valence-corrected chi connectivity index (χ4v) is 3.07. The van der Waals surface area contributed by atoms with Crippen molar-refractivity contribution in [1.82, 2.24) is 4.98 Å². The van der Waals surface area contributed by atoms with Crippen LogP contribution in [-0.4, -0.2) is 18.0 Å². The van der Waals surface area contributed by atoms with Crippen molar-refractivity contribution in [2.75, 3.05) is 17.3 Å². The van der Waals surface area contributed by atoms with Crippen LogP contribution < -0.4 is 15.0 Å². The van der Waals surface area contributed by atoms with Crippen molar-refractivity contribution in [2.45, 2.75) is 6.17 Å². The summed E-state index contributed by atoms with van der Waals surface area (Å²) in [4.78, 5) is 18.8. The standard InChI is InChI=1S/C20H17N3O2/c1-25-16-10-8-14(9-11-16)22-19-17-6-2-3-7-18(17)20(24)23(19)15-5-4-12-21-13-15/h2-13,19,22H,1H3/t19-/m0/s1. The SMILES string of the molecule is COc1ccc(N[C@@H]2c3ccccc3C(=O)N2c2cccnc2)cc1. The average Bonchev–Trinajstić information content (AvgIpc) is 2.95. The van der Waals surface area contributed by atoms with Crippen molar-refractivity contribution in [2.24, 2.45) is 0 Å². The molecule has 0 saturated heterocycles. The molecule has 1 aliphatic heterocycles. The number of nitrogens with zero attached hydrogens (tertiary/aromatic N) is 2. The van der Waals surface area contributed by atoms with Crippen LogP contribution in [0.4, 0.5) is 11.4 Å². The van der Waals surface area contributed by atoms with E-state index in [2.05, 4.69) is 10.3 Å². The summed E-state index contributed by atoms with van der Waals surface area (Å²) in [7, 11) is 1.64. The zero-order valence-corrected chi connectivity index (χ0v) is 13.7. The molecule has 5 nitrogen and oxygen atoms in total. The number of nitrogens with one attached hydrogen (secondary N) is 1. The Labute approximate surface area is 145 Å². The number of pyridine rings is 1. The van der Waals surface area contributed by atoms with Gasteiger partial charge in [0.05, 0.1) is 19.0 Å². The first-order valence-corrected chi connectivity index (χ1v) is 8.01. The Balaban J connectivity index is 1.74. The first-order valence-electron chi connectivity index (χ1n) is 8.01. The van der Waals surface area contributed by atoms with Gasteiger partial charge in [-0.2, -0.15) is 0 Å². The van der Waals surface area contributed by atoms with E-state index in [0.717, 1.165) is 22.7 Å². The van der Waals surface area contributed by atoms with Crippen LogP contribution in [0.2, 0.25) is 0 Å². The van der Waals surface area contributed by atoms with Gasteiger partial charge in [-0.25, -0.2) is 0 Å². The second-order valence-corrected chi connectivity index (χ2v) is 5.75. The number of ether oxygens (including phenoxy) is 1. The van der Waals surface area contributed by atoms with Gasteiger partial charge in [0.1, 0.15) is 11.9 Å². The molecule has 0 aliphatic carbocycles. The predicted octanol–water partition coefficient (Wildman–Crippen LogP) is 3.86. The molecule has 1 amide bonds. The summed E-state index contributed by atoms with van der Waals surface area (Å²) in [5.41, 5.74) is 3.32. The van der Waals surface area contributed by atoms with Crippen LogP contribution in [0.5, 0.6) is 5.75 Å². The fraction of sp³-hybridized carbons (Fsp3) is 0.100. The molecular formula is C20H17N3O2. The molecule has 1 N–H and O–H groups in total. The number of anilines is 2. The van der Waals surface area contributed by atoms with E-state index in [9.17, 15) is 4.79 Å². The molecule has 124 valence electrons. The molecule has 5 heteroatoms. The Morgan fingerprint density at radius 2 is 1.84 bits per heavy atom. The number of aromatic nitrogens is 1. The molecule has 1 atom stereocenters. The van der Waals surface area contributed by atoms with Crippen LogP contribution >= 0.6 is 0 Å². The largest absolute Gasteiger partial charge is 0.497 e. The quantitative estimate of drug-likeness (QED) is 0.789. The number of methoxy groups -OCH3 is 1. The molecule has 4 rings (SSSR count). The lowest BCUT2D eigenvalue weighted by Gasteiger charge is -2.27. The number of benzene rings is 2. The molecule has 0 spiro atoms. The number of hydrogen-bond acceptors (Lipinski definition) is 4. The molecule has 0 unspecified atom stereocenters. The maximum Gasteiger partial charge on any atom is 0.260 e. The Bertz CT molecular complexity index is 894. The van der Waals surface area contributed by atoms with Crippen molar-refractivity contribution >= 4 is 17.3 Å². The van der Waals surface area contributed by atoms with E-state index >= 15 is 0 Å². The summed E-state index contributed by atoms with van der Waals surface area (Å²) < 4.78 is 5.20. The summed E-state index contributed by atoms with van der Waals surface area (Å²) in [6, 6.07) is 19.0. The molecule has 0 fully saturated rings. The van der Waals surface area contributed by atoms with E-state index in [1.807, 2.05) is 60.7 Å². The van der Waals surface area contributed by atoms with Gasteiger partial charge in [0.25, 0.3) is 5.91 Å². The fourth-order valence-electron chi connectivity index (χ4n) is 3.07. The minimum absolute atomic E-state index is 0.0328. The summed E-state index contributed by atoms with van der Waals surface area (Å²) >= 11 is 0. The van der Waals surface area contributed by atoms with Gasteiger partial charge in [-0.15, -0.1) is 0 Å². The maximum atomic E-state index is 12.9. The highest BCUT2D eigenvalue weighted by atomic mass is 16.5. The molecule has 3 aromatic rings. The lowest BCUT2D eigenvalue weighted by atomic mass is 10.1. The van der Waals surface area contributed by atoms with Gasteiger partial charge in [-0.05, 0) is 42.5 Å². The van der Waals surface area contributed by atoms with Gasteiger partial charge in [0.15, 0.2) is 0 Å². The number of carbonyl (C=O) groups excluding carboxylic acids is 1. The monoisotopic (exact) mass is 331 g/mol. The van der Waals surface area contributed by atoms with Crippen molar-refractivity contribution in [3.63, 3.8) is 0 Å². The molecule has 0 saturated carbocycles. The highest BCUT2D eigenvalue weighted by Gasteiger charge is 2.37. The first-order chi connectivity index (χ1) is 12.3. The minimum Gasteiger partial charge on any atom is -0.497 e. The highest BCUT2D eigenvalue weighted by molar-refractivity contribution is 6.11. The number of fused-ring (bicyclic) bond motifs is 1. The molecule has 1 aromatic heterocycles. The number of carbonyl (C=O) groups is 1. The van der Waals surface area contributed by atoms with Gasteiger partial charge < -0.3 is 10.1 Å². The lowest BCUT2D eigenvalue weighted by molar-refractivity contribution is 0.0993. The molecule has 2 aromatic carbocycles. The third kappa shape index (κ3) is 2.70. The maximum absolute atomic E-state index is 12.9. The summed E-state index contributed by atoms with van der Waals surface area (Å²) in [6.45, 7) is 0. The van der Waals surface area contributed by atoms with E-state index in [-0.39, 0.29) is 12.1 Å². The van der Waals surface area contributed by atoms with Crippen LogP contribution in [0, 0.1) is 0 Å². The Kier molecular flexibility index (Phi) is 3.82. The zero-order chi connectivity index (χ0) is 17.2. The van der Waals surface area contributed by atoms with Gasteiger partial charge in [0.2, 0.25) is 0 Å². The Morgan fingerprint density at radius 1 is 1.04 bits per heavy atom. The Morgan fingerprint density at radius 3 is 2.56 bits per heavy atom. The molecule has 1 aliphatic rings. The predicted molar refractivity (Wildman–Crippen MR) is 96.8 cm³/mol. The van der Waals surface area contributed by atoms with Gasteiger partial charge in [0, 0.05) is 23.0 Å². The minimum atomic E-state index is -0.290. The average molecular weight is 331 g/mol. The number of hydrogen-bond donors (Lipinski definition) is 1. The van der Waals surface area contributed by atoms with Crippen LogP contribution in [0.1, 0.15) is 22.1 Å². The second kappa shape index (κ2) is 6.28. The third-order valence-corrected chi connectivity index (χ3v) is 4.28. The molecular weight excluding hydrogens is 314 g/mol. The van der Waals surface area contributed by atoms with Crippen molar-refractivity contribution in [3.8, 4) is 5.75 Å². The topological polar surface area (TPSA) is 54.5 Å². The van der Waals surface area contributed by atoms with E-state index in [1.165, 1.54) is 0 Å². The number of amides is 1. The second-order valence-electron chi connectivity index (χ2n) is 5.75. The summed E-state index contributed by atoms with van der Waals surface area (Å²) in [6.07, 6.45) is 3.11. The van der Waals surface area contributed by atoms with Crippen LogP contribution in [-0.2, 0) is 0 Å². The van der Waals surface area contributed by atoms with Crippen molar-refractivity contribution in [1.29, 1.82) is 0 Å². The van der Waals surface area contributed by atoms with E-state index < -0.39 is 0 Å². The van der Waals surface area contributed by atoms with Crippen LogP contribution in [0.3, 0.4) is 0 Å². The Hall–Kier alpha value is -3.34. The van der Waals surface area contributed by atoms with E-state index in [0.29, 0.717) is 5.56 Å². The van der Waals surface area contributed by atoms with E-state index in [4.69, 9.17) is 4.74 Å².